The minimum atomic E-state index is -1.20. The van der Waals surface area contributed by atoms with Crippen molar-refractivity contribution in [3.05, 3.63) is 59.7 Å². The first-order chi connectivity index (χ1) is 16.0. The molecule has 1 saturated heterocycles. The molecule has 8 heteroatoms. The Labute approximate surface area is 192 Å². The minimum absolute atomic E-state index is 0.0492. The summed E-state index contributed by atoms with van der Waals surface area (Å²) in [6, 6.07) is 14.7. The number of rotatable bonds is 7. The summed E-state index contributed by atoms with van der Waals surface area (Å²) in [6.45, 7) is 1.18. The Morgan fingerprint density at radius 1 is 1.06 bits per heavy atom. The summed E-state index contributed by atoms with van der Waals surface area (Å²) in [4.78, 5) is 38.4. The van der Waals surface area contributed by atoms with Crippen molar-refractivity contribution >= 4 is 18.0 Å². The Hall–Kier alpha value is -3.39. The summed E-state index contributed by atoms with van der Waals surface area (Å²) in [6.07, 6.45) is 0.0214. The van der Waals surface area contributed by atoms with Crippen LogP contribution in [0.1, 0.15) is 36.3 Å². The highest BCUT2D eigenvalue weighted by atomic mass is 16.5. The molecule has 33 heavy (non-hydrogen) atoms. The van der Waals surface area contributed by atoms with E-state index >= 15 is 0 Å². The van der Waals surface area contributed by atoms with Gasteiger partial charge >= 0.3 is 12.1 Å². The van der Waals surface area contributed by atoms with Crippen LogP contribution in [0.15, 0.2) is 48.5 Å². The van der Waals surface area contributed by atoms with Crippen molar-refractivity contribution in [2.24, 2.45) is 0 Å². The van der Waals surface area contributed by atoms with Gasteiger partial charge in [-0.2, -0.15) is 0 Å². The summed E-state index contributed by atoms with van der Waals surface area (Å²) >= 11 is 0. The van der Waals surface area contributed by atoms with E-state index in [2.05, 4.69) is 5.32 Å². The predicted octanol–water partition coefficient (Wildman–Crippen LogP) is 3.01. The van der Waals surface area contributed by atoms with E-state index < -0.39 is 30.4 Å². The van der Waals surface area contributed by atoms with Crippen LogP contribution >= 0.6 is 0 Å². The van der Waals surface area contributed by atoms with Crippen LogP contribution in [0.5, 0.6) is 0 Å². The van der Waals surface area contributed by atoms with E-state index in [0.29, 0.717) is 26.1 Å². The van der Waals surface area contributed by atoms with Crippen molar-refractivity contribution in [2.45, 2.75) is 37.3 Å². The smallest absolute Gasteiger partial charge is 0.407 e. The first-order valence-corrected chi connectivity index (χ1v) is 11.1. The van der Waals surface area contributed by atoms with Crippen LogP contribution in [0, 0.1) is 0 Å². The van der Waals surface area contributed by atoms with Crippen molar-refractivity contribution in [1.29, 1.82) is 0 Å². The maximum absolute atomic E-state index is 13.0. The number of hydrogen-bond acceptors (Lipinski definition) is 5. The molecule has 1 aliphatic carbocycles. The summed E-state index contributed by atoms with van der Waals surface area (Å²) in [5, 5.41) is 11.8. The van der Waals surface area contributed by atoms with Gasteiger partial charge in [0.2, 0.25) is 5.91 Å². The topological polar surface area (TPSA) is 105 Å². The molecule has 2 amide bonds. The number of fused-ring (bicyclic) bond motifs is 3. The number of alkyl carbamates (subject to hydrolysis) is 1. The second-order valence-corrected chi connectivity index (χ2v) is 8.41. The summed E-state index contributed by atoms with van der Waals surface area (Å²) in [5.41, 5.74) is 4.37. The van der Waals surface area contributed by atoms with Gasteiger partial charge in [-0.05, 0) is 35.1 Å². The van der Waals surface area contributed by atoms with Crippen molar-refractivity contribution in [1.82, 2.24) is 10.2 Å². The SMILES string of the molecule is CN(C(=O)C(CC(=O)O)NC(=O)OCC1c2ccccc2-c2ccccc21)C1CCOCC1. The van der Waals surface area contributed by atoms with E-state index in [-0.39, 0.29) is 18.6 Å². The van der Waals surface area contributed by atoms with Gasteiger partial charge in [0.15, 0.2) is 0 Å². The lowest BCUT2D eigenvalue weighted by atomic mass is 9.98. The molecule has 1 aliphatic heterocycles. The summed E-state index contributed by atoms with van der Waals surface area (Å²) < 4.78 is 10.8. The Morgan fingerprint density at radius 2 is 1.64 bits per heavy atom. The first kappa shape index (κ1) is 22.8. The molecular weight excluding hydrogens is 424 g/mol. The fourth-order valence-corrected chi connectivity index (χ4v) is 4.66. The van der Waals surface area contributed by atoms with Gasteiger partial charge in [0, 0.05) is 32.2 Å². The van der Waals surface area contributed by atoms with Crippen LogP contribution in [-0.2, 0) is 19.1 Å². The zero-order valence-corrected chi connectivity index (χ0v) is 18.5. The Morgan fingerprint density at radius 3 is 2.21 bits per heavy atom. The molecule has 0 spiro atoms. The maximum Gasteiger partial charge on any atom is 0.407 e. The fourth-order valence-electron chi connectivity index (χ4n) is 4.66. The Balaban J connectivity index is 1.42. The lowest BCUT2D eigenvalue weighted by Gasteiger charge is -2.33. The highest BCUT2D eigenvalue weighted by Gasteiger charge is 2.33. The van der Waals surface area contributed by atoms with E-state index in [9.17, 15) is 19.5 Å². The number of nitrogens with zero attached hydrogens (tertiary/aromatic N) is 1. The molecule has 1 unspecified atom stereocenters. The third-order valence-electron chi connectivity index (χ3n) is 6.40. The lowest BCUT2D eigenvalue weighted by Crippen LogP contribution is -2.52. The minimum Gasteiger partial charge on any atom is -0.481 e. The zero-order chi connectivity index (χ0) is 23.4. The van der Waals surface area contributed by atoms with E-state index in [0.717, 1.165) is 22.3 Å². The number of carbonyl (C=O) groups is 3. The fraction of sp³-hybridized carbons (Fsp3) is 0.400. The zero-order valence-electron chi connectivity index (χ0n) is 18.5. The summed E-state index contributed by atoms with van der Waals surface area (Å²) in [5.74, 6) is -1.74. The third-order valence-corrected chi connectivity index (χ3v) is 6.40. The second kappa shape index (κ2) is 10.0. The van der Waals surface area contributed by atoms with Gasteiger partial charge in [-0.25, -0.2) is 4.79 Å². The number of hydrogen-bond donors (Lipinski definition) is 2. The van der Waals surface area contributed by atoms with E-state index in [1.165, 1.54) is 4.90 Å². The number of aliphatic carboxylic acids is 1. The van der Waals surface area contributed by atoms with Gasteiger partial charge < -0.3 is 24.8 Å². The van der Waals surface area contributed by atoms with Crippen LogP contribution in [0.4, 0.5) is 4.79 Å². The van der Waals surface area contributed by atoms with E-state index in [4.69, 9.17) is 9.47 Å². The molecule has 0 radical (unpaired) electrons. The number of carboxylic acid groups (broad SMARTS) is 1. The molecule has 2 aromatic rings. The molecule has 2 aromatic carbocycles. The molecule has 2 aliphatic rings. The van der Waals surface area contributed by atoms with Gasteiger partial charge in [0.05, 0.1) is 6.42 Å². The second-order valence-electron chi connectivity index (χ2n) is 8.41. The molecule has 0 bridgehead atoms. The van der Waals surface area contributed by atoms with Crippen LogP contribution in [0.2, 0.25) is 0 Å². The standard InChI is InChI=1S/C25H28N2O6/c1-27(16-10-12-32-13-11-16)24(30)22(14-23(28)29)26-25(31)33-15-21-19-8-4-2-6-17(19)18-7-3-5-9-20(18)21/h2-9,16,21-22H,10-15H2,1H3,(H,26,31)(H,28,29). The number of nitrogens with one attached hydrogen (secondary N) is 1. The monoisotopic (exact) mass is 452 g/mol. The van der Waals surface area contributed by atoms with Gasteiger partial charge in [0.1, 0.15) is 12.6 Å². The molecule has 1 heterocycles. The molecule has 0 aromatic heterocycles. The molecule has 2 N–H and O–H groups in total. The Bertz CT molecular complexity index is 988. The number of carbonyl (C=O) groups excluding carboxylic acids is 2. The van der Waals surface area contributed by atoms with Gasteiger partial charge in [0.25, 0.3) is 0 Å². The Kier molecular flexibility index (Phi) is 6.93. The van der Waals surface area contributed by atoms with Crippen molar-refractivity contribution in [2.75, 3.05) is 26.9 Å². The largest absolute Gasteiger partial charge is 0.481 e. The average Bonchev–Trinajstić information content (AvgIpc) is 3.15. The third kappa shape index (κ3) is 5.01. The highest BCUT2D eigenvalue weighted by molar-refractivity contribution is 5.89. The molecule has 0 saturated carbocycles. The number of carboxylic acids is 1. The van der Waals surface area contributed by atoms with Crippen LogP contribution in [0.3, 0.4) is 0 Å². The normalized spacial score (nSPS) is 16.4. The quantitative estimate of drug-likeness (QED) is 0.669. The lowest BCUT2D eigenvalue weighted by molar-refractivity contribution is -0.143. The highest BCUT2D eigenvalue weighted by Crippen LogP contribution is 2.44. The van der Waals surface area contributed by atoms with Crippen LogP contribution < -0.4 is 5.32 Å². The van der Waals surface area contributed by atoms with E-state index in [1.54, 1.807) is 7.05 Å². The number of likely N-dealkylation sites (N-methyl/N-ethyl adjacent to an activating group) is 1. The van der Waals surface area contributed by atoms with E-state index in [1.807, 2.05) is 48.5 Å². The number of ether oxygens (including phenoxy) is 2. The number of amides is 2. The van der Waals surface area contributed by atoms with Crippen LogP contribution in [0.25, 0.3) is 11.1 Å². The molecule has 4 rings (SSSR count). The number of benzene rings is 2. The van der Waals surface area contributed by atoms with Crippen molar-refractivity contribution in [3.63, 3.8) is 0 Å². The van der Waals surface area contributed by atoms with Crippen molar-refractivity contribution < 1.29 is 29.0 Å². The first-order valence-electron chi connectivity index (χ1n) is 11.1. The van der Waals surface area contributed by atoms with Crippen LogP contribution in [-0.4, -0.2) is 66.9 Å². The summed E-state index contributed by atoms with van der Waals surface area (Å²) in [7, 11) is 1.63. The maximum atomic E-state index is 13.0. The molecule has 1 fully saturated rings. The predicted molar refractivity (Wildman–Crippen MR) is 121 cm³/mol. The van der Waals surface area contributed by atoms with Gasteiger partial charge in [-0.15, -0.1) is 0 Å². The van der Waals surface area contributed by atoms with Gasteiger partial charge in [-0.3, -0.25) is 9.59 Å². The van der Waals surface area contributed by atoms with Crippen molar-refractivity contribution in [3.8, 4) is 11.1 Å². The molecule has 8 nitrogen and oxygen atoms in total. The molecule has 1 atom stereocenters. The average molecular weight is 453 g/mol. The van der Waals surface area contributed by atoms with Gasteiger partial charge in [-0.1, -0.05) is 48.5 Å². The molecule has 174 valence electrons. The molecular formula is C25H28N2O6.